The summed E-state index contributed by atoms with van der Waals surface area (Å²) < 4.78 is 13.4. The summed E-state index contributed by atoms with van der Waals surface area (Å²) in [7, 11) is 0. The number of rotatable bonds is 2. The van der Waals surface area contributed by atoms with Crippen molar-refractivity contribution in [2.45, 2.75) is 38.3 Å². The Labute approximate surface area is 145 Å². The monoisotopic (exact) mass is 348 g/mol. The number of aliphatic carboxylic acids is 1. The van der Waals surface area contributed by atoms with Crippen LogP contribution in [0, 0.1) is 11.7 Å². The molecular formula is C18H21FN2O4. The lowest BCUT2D eigenvalue weighted by atomic mass is 10.0. The van der Waals surface area contributed by atoms with E-state index in [1.54, 1.807) is 17.9 Å². The standard InChI is InChI=1S/C18H21FN2O4/c1-11-10-20(17(23)12-3-2-4-13(19)9-12)8-7-14-5-6-15(18(24)25)21(14)16(11)22/h2-4,9,11,14-15H,5-8,10H2,1H3,(H,24,25)/t11-,14+,15-/m0/s1. The maximum Gasteiger partial charge on any atom is 0.326 e. The van der Waals surface area contributed by atoms with Crippen LogP contribution in [0.15, 0.2) is 24.3 Å². The third kappa shape index (κ3) is 3.36. The van der Waals surface area contributed by atoms with Gasteiger partial charge in [0.1, 0.15) is 11.9 Å². The van der Waals surface area contributed by atoms with Gasteiger partial charge in [0.05, 0.1) is 5.92 Å². The van der Waals surface area contributed by atoms with Gasteiger partial charge in [0.25, 0.3) is 5.91 Å². The maximum atomic E-state index is 13.4. The molecule has 1 aromatic carbocycles. The molecular weight excluding hydrogens is 327 g/mol. The molecule has 0 saturated carbocycles. The van der Waals surface area contributed by atoms with Crippen LogP contribution in [0.4, 0.5) is 4.39 Å². The van der Waals surface area contributed by atoms with E-state index < -0.39 is 23.7 Å². The Morgan fingerprint density at radius 1 is 1.24 bits per heavy atom. The zero-order valence-corrected chi connectivity index (χ0v) is 14.0. The topological polar surface area (TPSA) is 77.9 Å². The molecule has 2 heterocycles. The van der Waals surface area contributed by atoms with Gasteiger partial charge in [0.15, 0.2) is 0 Å². The van der Waals surface area contributed by atoms with Crippen molar-refractivity contribution >= 4 is 17.8 Å². The van der Waals surface area contributed by atoms with Crippen LogP contribution in [-0.2, 0) is 9.59 Å². The van der Waals surface area contributed by atoms with Gasteiger partial charge >= 0.3 is 5.97 Å². The van der Waals surface area contributed by atoms with Crippen molar-refractivity contribution in [2.24, 2.45) is 5.92 Å². The Morgan fingerprint density at radius 3 is 2.68 bits per heavy atom. The van der Waals surface area contributed by atoms with Crippen molar-refractivity contribution < 1.29 is 23.9 Å². The molecule has 3 rings (SSSR count). The summed E-state index contributed by atoms with van der Waals surface area (Å²) in [6.07, 6.45) is 1.59. The minimum absolute atomic E-state index is 0.167. The predicted octanol–water partition coefficient (Wildman–Crippen LogP) is 1.75. The highest BCUT2D eigenvalue weighted by Crippen LogP contribution is 2.30. The van der Waals surface area contributed by atoms with E-state index >= 15 is 0 Å². The Hall–Kier alpha value is -2.44. The minimum atomic E-state index is -0.976. The van der Waals surface area contributed by atoms with Gasteiger partial charge in [-0.1, -0.05) is 13.0 Å². The average Bonchev–Trinajstić information content (AvgIpc) is 2.99. The lowest BCUT2D eigenvalue weighted by Crippen LogP contribution is -2.52. The number of hydrogen-bond acceptors (Lipinski definition) is 3. The van der Waals surface area contributed by atoms with E-state index in [2.05, 4.69) is 0 Å². The fourth-order valence-corrected chi connectivity index (χ4v) is 3.79. The normalized spacial score (nSPS) is 26.8. The first-order chi connectivity index (χ1) is 11.9. The number of hydrogen-bond donors (Lipinski definition) is 1. The fourth-order valence-electron chi connectivity index (χ4n) is 3.79. The Balaban J connectivity index is 1.80. The van der Waals surface area contributed by atoms with Gasteiger partial charge in [-0.3, -0.25) is 9.59 Å². The van der Waals surface area contributed by atoms with Gasteiger partial charge in [0, 0.05) is 24.7 Å². The zero-order chi connectivity index (χ0) is 18.1. The molecule has 2 saturated heterocycles. The highest BCUT2D eigenvalue weighted by atomic mass is 19.1. The zero-order valence-electron chi connectivity index (χ0n) is 14.0. The molecule has 2 aliphatic heterocycles. The molecule has 6 nitrogen and oxygen atoms in total. The number of nitrogens with zero attached hydrogens (tertiary/aromatic N) is 2. The summed E-state index contributed by atoms with van der Waals surface area (Å²) in [4.78, 5) is 39.9. The summed E-state index contributed by atoms with van der Waals surface area (Å²) in [5.41, 5.74) is 0.256. The first-order valence-electron chi connectivity index (χ1n) is 8.48. The number of amides is 2. The van der Waals surface area contributed by atoms with Crippen LogP contribution < -0.4 is 0 Å². The molecule has 0 aliphatic carbocycles. The van der Waals surface area contributed by atoms with Gasteiger partial charge in [0.2, 0.25) is 5.91 Å². The summed E-state index contributed by atoms with van der Waals surface area (Å²) in [6.45, 7) is 2.32. The first-order valence-corrected chi connectivity index (χ1v) is 8.48. The Morgan fingerprint density at radius 2 is 2.00 bits per heavy atom. The smallest absolute Gasteiger partial charge is 0.326 e. The number of halogens is 1. The molecule has 134 valence electrons. The molecule has 0 radical (unpaired) electrons. The van der Waals surface area contributed by atoms with Crippen LogP contribution in [0.5, 0.6) is 0 Å². The largest absolute Gasteiger partial charge is 0.480 e. The highest BCUT2D eigenvalue weighted by molar-refractivity contribution is 5.95. The van der Waals surface area contributed by atoms with Gasteiger partial charge in [-0.05, 0) is 37.5 Å². The van der Waals surface area contributed by atoms with Crippen LogP contribution in [0.3, 0.4) is 0 Å². The number of fused-ring (bicyclic) bond motifs is 1. The lowest BCUT2D eigenvalue weighted by molar-refractivity contribution is -0.152. The van der Waals surface area contributed by atoms with Crippen molar-refractivity contribution in [3.8, 4) is 0 Å². The van der Waals surface area contributed by atoms with Crippen molar-refractivity contribution in [3.05, 3.63) is 35.6 Å². The summed E-state index contributed by atoms with van der Waals surface area (Å²) in [5, 5.41) is 9.34. The highest BCUT2D eigenvalue weighted by Gasteiger charge is 2.43. The second kappa shape index (κ2) is 6.82. The number of carboxylic acid groups (broad SMARTS) is 1. The molecule has 25 heavy (non-hydrogen) atoms. The van der Waals surface area contributed by atoms with E-state index in [-0.39, 0.29) is 30.0 Å². The third-order valence-corrected chi connectivity index (χ3v) is 5.05. The molecule has 0 unspecified atom stereocenters. The van der Waals surface area contributed by atoms with E-state index in [0.29, 0.717) is 25.8 Å². The van der Waals surface area contributed by atoms with Crippen molar-refractivity contribution in [1.82, 2.24) is 9.80 Å². The average molecular weight is 348 g/mol. The number of benzene rings is 1. The van der Waals surface area contributed by atoms with E-state index in [0.717, 1.165) is 0 Å². The molecule has 7 heteroatoms. The molecule has 1 N–H and O–H groups in total. The predicted molar refractivity (Wildman–Crippen MR) is 87.4 cm³/mol. The molecule has 2 fully saturated rings. The van der Waals surface area contributed by atoms with Crippen LogP contribution in [0.2, 0.25) is 0 Å². The SMILES string of the molecule is C[C@H]1CN(C(=O)c2cccc(F)c2)CC[C@H]2CC[C@@H](C(=O)O)N2C1=O. The molecule has 3 atom stereocenters. The molecule has 2 amide bonds. The van der Waals surface area contributed by atoms with Gasteiger partial charge in [-0.25, -0.2) is 9.18 Å². The lowest BCUT2D eigenvalue weighted by Gasteiger charge is -2.37. The molecule has 0 spiro atoms. The Bertz CT molecular complexity index is 708. The van der Waals surface area contributed by atoms with Crippen molar-refractivity contribution in [1.29, 1.82) is 0 Å². The van der Waals surface area contributed by atoms with Gasteiger partial charge in [-0.2, -0.15) is 0 Å². The molecule has 2 aliphatic rings. The van der Waals surface area contributed by atoms with E-state index in [1.165, 1.54) is 23.1 Å². The van der Waals surface area contributed by atoms with E-state index in [4.69, 9.17) is 0 Å². The quantitative estimate of drug-likeness (QED) is 0.883. The van der Waals surface area contributed by atoms with E-state index in [1.807, 2.05) is 0 Å². The summed E-state index contributed by atoms with van der Waals surface area (Å²) >= 11 is 0. The number of carbonyl (C=O) groups excluding carboxylic acids is 2. The van der Waals surface area contributed by atoms with Crippen LogP contribution >= 0.6 is 0 Å². The number of carbonyl (C=O) groups is 3. The van der Waals surface area contributed by atoms with Crippen LogP contribution in [0.25, 0.3) is 0 Å². The fraction of sp³-hybridized carbons (Fsp3) is 0.500. The van der Waals surface area contributed by atoms with Crippen LogP contribution in [-0.4, -0.2) is 57.9 Å². The molecule has 0 aromatic heterocycles. The minimum Gasteiger partial charge on any atom is -0.480 e. The molecule has 1 aromatic rings. The summed E-state index contributed by atoms with van der Waals surface area (Å²) in [6, 6.07) is 4.56. The third-order valence-electron chi connectivity index (χ3n) is 5.05. The maximum absolute atomic E-state index is 13.4. The Kier molecular flexibility index (Phi) is 4.74. The van der Waals surface area contributed by atoms with Crippen molar-refractivity contribution in [3.63, 3.8) is 0 Å². The first kappa shape index (κ1) is 17.4. The molecule has 0 bridgehead atoms. The second-order valence-electron chi connectivity index (χ2n) is 6.78. The van der Waals surface area contributed by atoms with Gasteiger partial charge in [-0.15, -0.1) is 0 Å². The van der Waals surface area contributed by atoms with Crippen molar-refractivity contribution in [2.75, 3.05) is 13.1 Å². The number of carboxylic acids is 1. The van der Waals surface area contributed by atoms with Gasteiger partial charge < -0.3 is 14.9 Å². The second-order valence-corrected chi connectivity index (χ2v) is 6.78. The van der Waals surface area contributed by atoms with E-state index in [9.17, 15) is 23.9 Å². The summed E-state index contributed by atoms with van der Waals surface area (Å²) in [5.74, 6) is -2.49. The van der Waals surface area contributed by atoms with Crippen LogP contribution in [0.1, 0.15) is 36.5 Å².